The van der Waals surface area contributed by atoms with Gasteiger partial charge in [0.25, 0.3) is 11.6 Å². The van der Waals surface area contributed by atoms with Crippen LogP contribution in [0.4, 0.5) is 5.69 Å². The third kappa shape index (κ3) is 4.16. The van der Waals surface area contributed by atoms with Crippen LogP contribution in [-0.2, 0) is 9.53 Å². The van der Waals surface area contributed by atoms with Gasteiger partial charge in [0, 0.05) is 11.3 Å². The number of esters is 1. The summed E-state index contributed by atoms with van der Waals surface area (Å²) < 4.78 is 10.6. The second-order valence-electron chi connectivity index (χ2n) is 7.24. The summed E-state index contributed by atoms with van der Waals surface area (Å²) >= 11 is 0. The van der Waals surface area contributed by atoms with Gasteiger partial charge in [-0.05, 0) is 44.0 Å². The molecule has 0 aliphatic rings. The van der Waals surface area contributed by atoms with Gasteiger partial charge >= 0.3 is 5.97 Å². The van der Waals surface area contributed by atoms with Crippen LogP contribution in [0.25, 0.3) is 22.4 Å². The molecule has 1 N–H and O–H groups in total. The number of carbonyl (C=O) groups is 2. The smallest absolute Gasteiger partial charge is 0.339 e. The first kappa shape index (κ1) is 20.3. The molecule has 1 amide bonds. The zero-order valence-corrected chi connectivity index (χ0v) is 17.4. The van der Waals surface area contributed by atoms with Crippen molar-refractivity contribution in [2.24, 2.45) is 0 Å². The van der Waals surface area contributed by atoms with E-state index in [0.717, 1.165) is 16.7 Å². The summed E-state index contributed by atoms with van der Waals surface area (Å²) in [6, 6.07) is 16.7. The van der Waals surface area contributed by atoms with E-state index in [-0.39, 0.29) is 11.3 Å². The van der Waals surface area contributed by atoms with Crippen molar-refractivity contribution in [1.82, 2.24) is 10.1 Å². The number of aryl methyl sites for hydroxylation is 2. The fourth-order valence-electron chi connectivity index (χ4n) is 3.29. The number of fused-ring (bicyclic) bond motifs is 1. The Hall–Kier alpha value is -4.00. The van der Waals surface area contributed by atoms with Crippen molar-refractivity contribution < 1.29 is 18.8 Å². The monoisotopic (exact) mass is 415 g/mol. The topological polar surface area (TPSA) is 94.3 Å². The SMILES string of the molecule is Cc1cccc(NC(=O)COC(=O)c2cc(-c3ccccc3)nc3onc(C)c23)c1C. The third-order valence-electron chi connectivity index (χ3n) is 5.12. The molecule has 0 spiro atoms. The van der Waals surface area contributed by atoms with Crippen LogP contribution in [0.3, 0.4) is 0 Å². The molecule has 4 rings (SSSR count). The zero-order chi connectivity index (χ0) is 22.0. The summed E-state index contributed by atoms with van der Waals surface area (Å²) in [6.45, 7) is 5.19. The van der Waals surface area contributed by atoms with E-state index in [1.54, 1.807) is 19.1 Å². The molecule has 0 aliphatic carbocycles. The number of carbonyl (C=O) groups excluding carboxylic acids is 2. The first-order chi connectivity index (χ1) is 14.9. The summed E-state index contributed by atoms with van der Waals surface area (Å²) in [6.07, 6.45) is 0. The number of amides is 1. The molecule has 0 atom stereocenters. The number of benzene rings is 2. The minimum Gasteiger partial charge on any atom is -0.452 e. The van der Waals surface area contributed by atoms with E-state index in [2.05, 4.69) is 15.5 Å². The molecule has 156 valence electrons. The van der Waals surface area contributed by atoms with Crippen LogP contribution >= 0.6 is 0 Å². The standard InChI is InChI=1S/C24H21N3O4/c1-14-8-7-11-19(15(14)2)25-21(28)13-30-24(29)18-12-20(17-9-5-4-6-10-17)26-23-22(18)16(3)27-31-23/h4-12H,13H2,1-3H3,(H,25,28). The van der Waals surface area contributed by atoms with E-state index in [9.17, 15) is 9.59 Å². The highest BCUT2D eigenvalue weighted by Crippen LogP contribution is 2.27. The van der Waals surface area contributed by atoms with E-state index in [0.29, 0.717) is 22.5 Å². The van der Waals surface area contributed by atoms with Crippen molar-refractivity contribution in [2.45, 2.75) is 20.8 Å². The lowest BCUT2D eigenvalue weighted by molar-refractivity contribution is -0.119. The molecule has 7 heteroatoms. The number of anilines is 1. The van der Waals surface area contributed by atoms with Crippen molar-refractivity contribution in [1.29, 1.82) is 0 Å². The molecule has 4 aromatic rings. The lowest BCUT2D eigenvalue weighted by Crippen LogP contribution is -2.21. The maximum Gasteiger partial charge on any atom is 0.339 e. The third-order valence-corrected chi connectivity index (χ3v) is 5.12. The van der Waals surface area contributed by atoms with Crippen LogP contribution in [0.5, 0.6) is 0 Å². The van der Waals surface area contributed by atoms with Crippen molar-refractivity contribution >= 4 is 28.7 Å². The first-order valence-corrected chi connectivity index (χ1v) is 9.79. The number of hydrogen-bond acceptors (Lipinski definition) is 6. The van der Waals surface area contributed by atoms with E-state index >= 15 is 0 Å². The molecule has 2 aromatic carbocycles. The van der Waals surface area contributed by atoms with Crippen LogP contribution in [0, 0.1) is 20.8 Å². The normalized spacial score (nSPS) is 10.8. The minimum atomic E-state index is -0.646. The van der Waals surface area contributed by atoms with Gasteiger partial charge in [0.2, 0.25) is 0 Å². The second kappa shape index (κ2) is 8.39. The molecule has 2 heterocycles. The Morgan fingerprint density at radius 2 is 1.81 bits per heavy atom. The number of nitrogens with one attached hydrogen (secondary N) is 1. The lowest BCUT2D eigenvalue weighted by Gasteiger charge is -2.11. The van der Waals surface area contributed by atoms with Gasteiger partial charge in [-0.3, -0.25) is 4.79 Å². The Kier molecular flexibility index (Phi) is 5.49. The summed E-state index contributed by atoms with van der Waals surface area (Å²) in [5.74, 6) is -1.07. The van der Waals surface area contributed by atoms with E-state index in [1.165, 1.54) is 0 Å². The molecule has 0 saturated carbocycles. The van der Waals surface area contributed by atoms with Crippen LogP contribution in [0.15, 0.2) is 59.1 Å². The van der Waals surface area contributed by atoms with Crippen LogP contribution in [0.2, 0.25) is 0 Å². The maximum atomic E-state index is 12.9. The molecule has 7 nitrogen and oxygen atoms in total. The van der Waals surface area contributed by atoms with Gasteiger partial charge in [0.1, 0.15) is 0 Å². The number of pyridine rings is 1. The highest BCUT2D eigenvalue weighted by atomic mass is 16.5. The molecule has 0 radical (unpaired) electrons. The maximum absolute atomic E-state index is 12.9. The highest BCUT2D eigenvalue weighted by Gasteiger charge is 2.21. The molecular weight excluding hydrogens is 394 g/mol. The predicted molar refractivity (Wildman–Crippen MR) is 117 cm³/mol. The summed E-state index contributed by atoms with van der Waals surface area (Å²) in [4.78, 5) is 29.7. The number of rotatable bonds is 5. The number of ether oxygens (including phenoxy) is 1. The molecule has 2 aromatic heterocycles. The van der Waals surface area contributed by atoms with Gasteiger partial charge in [0.05, 0.1) is 22.3 Å². The van der Waals surface area contributed by atoms with Gasteiger partial charge in [-0.2, -0.15) is 0 Å². The van der Waals surface area contributed by atoms with Gasteiger partial charge in [-0.25, -0.2) is 9.78 Å². The Labute approximate surface area is 179 Å². The number of hydrogen-bond donors (Lipinski definition) is 1. The predicted octanol–water partition coefficient (Wildman–Crippen LogP) is 4.61. The van der Waals surface area contributed by atoms with Gasteiger partial charge in [-0.1, -0.05) is 47.6 Å². The van der Waals surface area contributed by atoms with E-state index in [4.69, 9.17) is 9.26 Å². The van der Waals surface area contributed by atoms with Crippen molar-refractivity contribution in [3.8, 4) is 11.3 Å². The lowest BCUT2D eigenvalue weighted by atomic mass is 10.1. The highest BCUT2D eigenvalue weighted by molar-refractivity contribution is 6.05. The zero-order valence-electron chi connectivity index (χ0n) is 17.4. The van der Waals surface area contributed by atoms with Gasteiger partial charge < -0.3 is 14.6 Å². The number of aromatic nitrogens is 2. The first-order valence-electron chi connectivity index (χ1n) is 9.79. The molecule has 31 heavy (non-hydrogen) atoms. The van der Waals surface area contributed by atoms with Gasteiger partial charge in [-0.15, -0.1) is 0 Å². The Morgan fingerprint density at radius 3 is 2.58 bits per heavy atom. The van der Waals surface area contributed by atoms with E-state index in [1.807, 2.05) is 56.3 Å². The van der Waals surface area contributed by atoms with Crippen molar-refractivity contribution in [2.75, 3.05) is 11.9 Å². The molecule has 0 saturated heterocycles. The Balaban J connectivity index is 1.56. The molecular formula is C24H21N3O4. The fourth-order valence-corrected chi connectivity index (χ4v) is 3.29. The Morgan fingerprint density at radius 1 is 1.03 bits per heavy atom. The Bertz CT molecular complexity index is 1280. The van der Waals surface area contributed by atoms with E-state index < -0.39 is 18.5 Å². The fraction of sp³-hybridized carbons (Fsp3) is 0.167. The molecule has 0 aliphatic heterocycles. The van der Waals surface area contributed by atoms with Crippen LogP contribution < -0.4 is 5.32 Å². The summed E-state index contributed by atoms with van der Waals surface area (Å²) in [5.41, 5.74) is 5.10. The van der Waals surface area contributed by atoms with Gasteiger partial charge in [0.15, 0.2) is 6.61 Å². The van der Waals surface area contributed by atoms with Crippen molar-refractivity contribution in [3.63, 3.8) is 0 Å². The average molecular weight is 415 g/mol. The largest absolute Gasteiger partial charge is 0.452 e. The quantitative estimate of drug-likeness (QED) is 0.478. The van der Waals surface area contributed by atoms with Crippen LogP contribution in [0.1, 0.15) is 27.2 Å². The minimum absolute atomic E-state index is 0.241. The molecule has 0 unspecified atom stereocenters. The summed E-state index contributed by atoms with van der Waals surface area (Å²) in [7, 11) is 0. The summed E-state index contributed by atoms with van der Waals surface area (Å²) in [5, 5.41) is 7.17. The van der Waals surface area contributed by atoms with Crippen LogP contribution in [-0.4, -0.2) is 28.6 Å². The second-order valence-corrected chi connectivity index (χ2v) is 7.24. The van der Waals surface area contributed by atoms with Crippen molar-refractivity contribution in [3.05, 3.63) is 77.0 Å². The average Bonchev–Trinajstić information content (AvgIpc) is 3.16. The number of nitrogens with zero attached hydrogens (tertiary/aromatic N) is 2. The molecule has 0 fully saturated rings. The molecule has 0 bridgehead atoms.